The van der Waals surface area contributed by atoms with Gasteiger partial charge in [-0.05, 0) is 26.1 Å². The van der Waals surface area contributed by atoms with Crippen LogP contribution in [0, 0.1) is 0 Å². The van der Waals surface area contributed by atoms with E-state index in [0.717, 1.165) is 0 Å². The quantitative estimate of drug-likeness (QED) is 0.753. The van der Waals surface area contributed by atoms with Crippen LogP contribution < -0.4 is 15.4 Å². The number of para-hydroxylation sites is 1. The van der Waals surface area contributed by atoms with E-state index in [4.69, 9.17) is 9.26 Å². The summed E-state index contributed by atoms with van der Waals surface area (Å²) in [5, 5.41) is 9.64. The Morgan fingerprint density at radius 2 is 2.14 bits per heavy atom. The Balaban J connectivity index is 1.72. The molecular formula is C15H20N4O3. The number of likely N-dealkylation sites (N-methyl/N-ethyl adjacent to an activating group) is 1. The average Bonchev–Trinajstić information content (AvgIpc) is 2.99. The summed E-state index contributed by atoms with van der Waals surface area (Å²) in [6, 6.07) is 9.42. The van der Waals surface area contributed by atoms with Gasteiger partial charge in [0.25, 0.3) is 5.91 Å². The van der Waals surface area contributed by atoms with Crippen molar-refractivity contribution in [2.45, 2.75) is 25.9 Å². The highest BCUT2D eigenvalue weighted by atomic mass is 16.5. The second-order valence-corrected chi connectivity index (χ2v) is 4.88. The number of benzene rings is 1. The number of carbonyl (C=O) groups excluding carboxylic acids is 1. The van der Waals surface area contributed by atoms with Crippen LogP contribution in [-0.2, 0) is 17.8 Å². The maximum absolute atomic E-state index is 11.7. The molecule has 0 saturated carbocycles. The first-order chi connectivity index (χ1) is 10.7. The number of amides is 1. The fourth-order valence-electron chi connectivity index (χ4n) is 1.71. The normalized spacial score (nSPS) is 11.9. The molecule has 1 amide bonds. The van der Waals surface area contributed by atoms with Crippen molar-refractivity contribution in [3.63, 3.8) is 0 Å². The zero-order valence-electron chi connectivity index (χ0n) is 12.7. The van der Waals surface area contributed by atoms with Gasteiger partial charge < -0.3 is 19.9 Å². The largest absolute Gasteiger partial charge is 0.484 e. The number of rotatable bonds is 8. The van der Waals surface area contributed by atoms with Gasteiger partial charge in [0.1, 0.15) is 5.75 Å². The molecule has 0 aliphatic rings. The molecule has 0 aliphatic heterocycles. The van der Waals surface area contributed by atoms with E-state index in [2.05, 4.69) is 20.8 Å². The fraction of sp³-hybridized carbons (Fsp3) is 0.400. The van der Waals surface area contributed by atoms with Crippen molar-refractivity contribution in [2.75, 3.05) is 13.7 Å². The number of carbonyl (C=O) groups is 1. The Bertz CT molecular complexity index is 585. The van der Waals surface area contributed by atoms with Crippen LogP contribution in [0.15, 0.2) is 34.9 Å². The molecule has 0 saturated heterocycles. The molecule has 2 aromatic rings. The van der Waals surface area contributed by atoms with E-state index in [1.807, 2.05) is 32.2 Å². The lowest BCUT2D eigenvalue weighted by Gasteiger charge is -2.05. The smallest absolute Gasteiger partial charge is 0.258 e. The van der Waals surface area contributed by atoms with Crippen molar-refractivity contribution in [1.29, 1.82) is 0 Å². The number of aromatic nitrogens is 2. The van der Waals surface area contributed by atoms with E-state index in [9.17, 15) is 4.79 Å². The molecule has 2 N–H and O–H groups in total. The van der Waals surface area contributed by atoms with Gasteiger partial charge in [-0.2, -0.15) is 4.98 Å². The molecule has 1 heterocycles. The summed E-state index contributed by atoms with van der Waals surface area (Å²) in [4.78, 5) is 15.9. The Hall–Kier alpha value is -2.41. The third kappa shape index (κ3) is 5.17. The number of ether oxygens (including phenoxy) is 1. The lowest BCUT2D eigenvalue weighted by atomic mass is 10.2. The standard InChI is InChI=1S/C15H20N4O3/c1-11(16-2)8-13-18-15(22-19-13)9-17-14(20)10-21-12-6-4-3-5-7-12/h3-7,11,16H,8-10H2,1-2H3,(H,17,20). The molecule has 118 valence electrons. The summed E-state index contributed by atoms with van der Waals surface area (Å²) in [7, 11) is 1.87. The first-order valence-electron chi connectivity index (χ1n) is 7.10. The predicted molar refractivity (Wildman–Crippen MR) is 80.3 cm³/mol. The van der Waals surface area contributed by atoms with Gasteiger partial charge in [0, 0.05) is 12.5 Å². The second-order valence-electron chi connectivity index (χ2n) is 4.88. The summed E-state index contributed by atoms with van der Waals surface area (Å²) in [6.07, 6.45) is 0.672. The number of nitrogens with zero attached hydrogens (tertiary/aromatic N) is 2. The summed E-state index contributed by atoms with van der Waals surface area (Å²) in [5.41, 5.74) is 0. The van der Waals surface area contributed by atoms with E-state index in [1.165, 1.54) is 0 Å². The Morgan fingerprint density at radius 1 is 1.36 bits per heavy atom. The highest BCUT2D eigenvalue weighted by molar-refractivity contribution is 5.77. The average molecular weight is 304 g/mol. The van der Waals surface area contributed by atoms with Crippen molar-refractivity contribution in [1.82, 2.24) is 20.8 Å². The molecule has 0 radical (unpaired) electrons. The number of hydrogen-bond donors (Lipinski definition) is 2. The molecule has 7 heteroatoms. The van der Waals surface area contributed by atoms with E-state index in [1.54, 1.807) is 12.1 Å². The van der Waals surface area contributed by atoms with Gasteiger partial charge in [-0.25, -0.2) is 0 Å². The van der Waals surface area contributed by atoms with Gasteiger partial charge in [-0.3, -0.25) is 4.79 Å². The molecule has 1 aromatic carbocycles. The van der Waals surface area contributed by atoms with Crippen molar-refractivity contribution in [3.8, 4) is 5.75 Å². The van der Waals surface area contributed by atoms with Gasteiger partial charge in [0.2, 0.25) is 5.89 Å². The fourth-order valence-corrected chi connectivity index (χ4v) is 1.71. The summed E-state index contributed by atoms with van der Waals surface area (Å²) in [6.45, 7) is 2.17. The lowest BCUT2D eigenvalue weighted by Crippen LogP contribution is -2.28. The third-order valence-electron chi connectivity index (χ3n) is 3.04. The van der Waals surface area contributed by atoms with E-state index >= 15 is 0 Å². The van der Waals surface area contributed by atoms with E-state index in [-0.39, 0.29) is 25.1 Å². The molecule has 2 rings (SSSR count). The highest BCUT2D eigenvalue weighted by Crippen LogP contribution is 2.07. The van der Waals surface area contributed by atoms with Gasteiger partial charge in [0.15, 0.2) is 12.4 Å². The van der Waals surface area contributed by atoms with Crippen LogP contribution in [-0.4, -0.2) is 35.7 Å². The molecular weight excluding hydrogens is 284 g/mol. The van der Waals surface area contributed by atoms with Crippen molar-refractivity contribution >= 4 is 5.91 Å². The topological polar surface area (TPSA) is 89.3 Å². The van der Waals surface area contributed by atoms with Gasteiger partial charge in [0.05, 0.1) is 6.54 Å². The van der Waals surface area contributed by atoms with E-state index in [0.29, 0.717) is 23.9 Å². The van der Waals surface area contributed by atoms with Crippen LogP contribution in [0.5, 0.6) is 5.75 Å². The van der Waals surface area contributed by atoms with Crippen LogP contribution in [0.3, 0.4) is 0 Å². The Morgan fingerprint density at radius 3 is 2.86 bits per heavy atom. The molecule has 22 heavy (non-hydrogen) atoms. The van der Waals surface area contributed by atoms with Gasteiger partial charge in [-0.1, -0.05) is 23.4 Å². The monoisotopic (exact) mass is 304 g/mol. The first-order valence-corrected chi connectivity index (χ1v) is 7.10. The minimum absolute atomic E-state index is 0.0538. The zero-order chi connectivity index (χ0) is 15.8. The van der Waals surface area contributed by atoms with Gasteiger partial charge >= 0.3 is 0 Å². The Labute approximate surface area is 129 Å². The van der Waals surface area contributed by atoms with Crippen LogP contribution in [0.4, 0.5) is 0 Å². The first kappa shape index (κ1) is 16.0. The maximum atomic E-state index is 11.7. The second kappa shape index (κ2) is 8.14. The van der Waals surface area contributed by atoms with Crippen LogP contribution in [0.1, 0.15) is 18.6 Å². The highest BCUT2D eigenvalue weighted by Gasteiger charge is 2.10. The Kier molecular flexibility index (Phi) is 5.91. The van der Waals surface area contributed by atoms with E-state index < -0.39 is 0 Å². The summed E-state index contributed by atoms with van der Waals surface area (Å²) < 4.78 is 10.4. The van der Waals surface area contributed by atoms with Crippen molar-refractivity contribution in [2.24, 2.45) is 0 Å². The molecule has 0 spiro atoms. The zero-order valence-corrected chi connectivity index (χ0v) is 12.7. The predicted octanol–water partition coefficient (Wildman–Crippen LogP) is 0.915. The molecule has 1 atom stereocenters. The van der Waals surface area contributed by atoms with Crippen LogP contribution in [0.2, 0.25) is 0 Å². The molecule has 7 nitrogen and oxygen atoms in total. The minimum atomic E-state index is -0.243. The molecule has 1 unspecified atom stereocenters. The SMILES string of the molecule is CNC(C)Cc1noc(CNC(=O)COc2ccccc2)n1. The number of hydrogen-bond acceptors (Lipinski definition) is 6. The summed E-state index contributed by atoms with van der Waals surface area (Å²) in [5.74, 6) is 1.41. The minimum Gasteiger partial charge on any atom is -0.484 e. The van der Waals surface area contributed by atoms with Gasteiger partial charge in [-0.15, -0.1) is 0 Å². The molecule has 1 aromatic heterocycles. The summed E-state index contributed by atoms with van der Waals surface area (Å²) >= 11 is 0. The maximum Gasteiger partial charge on any atom is 0.258 e. The van der Waals surface area contributed by atoms with Crippen molar-refractivity contribution in [3.05, 3.63) is 42.0 Å². The van der Waals surface area contributed by atoms with Crippen molar-refractivity contribution < 1.29 is 14.1 Å². The molecule has 0 aliphatic carbocycles. The van der Waals surface area contributed by atoms with Crippen LogP contribution in [0.25, 0.3) is 0 Å². The third-order valence-corrected chi connectivity index (χ3v) is 3.04. The molecule has 0 bridgehead atoms. The van der Waals surface area contributed by atoms with Crippen LogP contribution >= 0.6 is 0 Å². The lowest BCUT2D eigenvalue weighted by molar-refractivity contribution is -0.123. The molecule has 0 fully saturated rings. The number of nitrogens with one attached hydrogen (secondary N) is 2.